The molecule has 120 valence electrons. The first kappa shape index (κ1) is 16.4. The molecule has 0 fully saturated rings. The molecule has 0 radical (unpaired) electrons. The minimum absolute atomic E-state index is 0.206. The third-order valence-corrected chi connectivity index (χ3v) is 3.53. The Balaban J connectivity index is 2.26. The molecule has 1 heterocycles. The summed E-state index contributed by atoms with van der Waals surface area (Å²) in [6.07, 6.45) is 2.44. The molecule has 0 saturated carbocycles. The predicted molar refractivity (Wildman–Crippen MR) is 83.5 cm³/mol. The average Bonchev–Trinajstić information content (AvgIpc) is 2.50. The van der Waals surface area contributed by atoms with Gasteiger partial charge in [-0.15, -0.1) is 0 Å². The normalized spacial score (nSPS) is 10.4. The summed E-state index contributed by atoms with van der Waals surface area (Å²) < 4.78 is 0. The summed E-state index contributed by atoms with van der Waals surface area (Å²) in [6, 6.07) is 9.60. The molecule has 0 aliphatic heterocycles. The Kier molecular flexibility index (Phi) is 5.24. The van der Waals surface area contributed by atoms with Gasteiger partial charge in [0.2, 0.25) is 0 Å². The van der Waals surface area contributed by atoms with E-state index in [4.69, 9.17) is 5.11 Å². The van der Waals surface area contributed by atoms with E-state index in [0.29, 0.717) is 12.8 Å². The van der Waals surface area contributed by atoms with Crippen molar-refractivity contribution in [1.29, 1.82) is 0 Å². The first-order chi connectivity index (χ1) is 11.0. The number of nitrogens with zero attached hydrogens (tertiary/aromatic N) is 1. The lowest BCUT2D eigenvalue weighted by molar-refractivity contribution is -0.387. The Bertz CT molecular complexity index is 768. The lowest BCUT2D eigenvalue weighted by atomic mass is 9.98. The molecule has 2 N–H and O–H groups in total. The largest absolute Gasteiger partial charge is 0.481 e. The minimum Gasteiger partial charge on any atom is -0.481 e. The van der Waals surface area contributed by atoms with E-state index in [2.05, 4.69) is 4.98 Å². The number of rotatable bonds is 7. The molecule has 23 heavy (non-hydrogen) atoms. The Morgan fingerprint density at radius 1 is 1.22 bits per heavy atom. The number of benzene rings is 1. The maximum absolute atomic E-state index is 11.7. The molecular weight excluding hydrogens is 300 g/mol. The van der Waals surface area contributed by atoms with Crippen LogP contribution in [0.4, 0.5) is 5.69 Å². The zero-order valence-electron chi connectivity index (χ0n) is 12.3. The van der Waals surface area contributed by atoms with Crippen molar-refractivity contribution in [3.8, 4) is 0 Å². The van der Waals surface area contributed by atoms with E-state index in [9.17, 15) is 19.7 Å². The van der Waals surface area contributed by atoms with E-state index in [-0.39, 0.29) is 24.0 Å². The zero-order chi connectivity index (χ0) is 16.8. The van der Waals surface area contributed by atoms with Gasteiger partial charge in [-0.05, 0) is 30.4 Å². The van der Waals surface area contributed by atoms with Crippen LogP contribution in [-0.2, 0) is 24.1 Å². The van der Waals surface area contributed by atoms with Gasteiger partial charge in [-0.2, -0.15) is 0 Å². The monoisotopic (exact) mass is 316 g/mol. The standard InChI is InChI=1S/C16H16N2O5/c19-14(20)9-12-10-17-16(21)15(18(22)23)13(12)8-4-7-11-5-2-1-3-6-11/h1-3,5-6,10H,4,7-9H2,(H,17,21)(H,19,20). The topological polar surface area (TPSA) is 113 Å². The number of aromatic amines is 1. The number of nitrogens with one attached hydrogen (secondary N) is 1. The highest BCUT2D eigenvalue weighted by molar-refractivity contribution is 5.71. The third kappa shape index (κ3) is 4.26. The number of hydrogen-bond donors (Lipinski definition) is 2. The van der Waals surface area contributed by atoms with Crippen LogP contribution < -0.4 is 5.56 Å². The second-order valence-electron chi connectivity index (χ2n) is 5.14. The van der Waals surface area contributed by atoms with Crippen LogP contribution in [0.1, 0.15) is 23.1 Å². The summed E-state index contributed by atoms with van der Waals surface area (Å²) in [6.45, 7) is 0. The van der Waals surface area contributed by atoms with Crippen molar-refractivity contribution in [2.45, 2.75) is 25.7 Å². The number of pyridine rings is 1. The molecule has 0 saturated heterocycles. The average molecular weight is 316 g/mol. The van der Waals surface area contributed by atoms with E-state index in [0.717, 1.165) is 5.56 Å². The number of hydrogen-bond acceptors (Lipinski definition) is 4. The van der Waals surface area contributed by atoms with E-state index < -0.39 is 22.1 Å². The van der Waals surface area contributed by atoms with Crippen LogP contribution in [0.15, 0.2) is 41.3 Å². The molecule has 7 nitrogen and oxygen atoms in total. The number of H-pyrrole nitrogens is 1. The second-order valence-corrected chi connectivity index (χ2v) is 5.14. The Hall–Kier alpha value is -2.96. The number of aliphatic carboxylic acids is 1. The number of carboxylic acids is 1. The fourth-order valence-electron chi connectivity index (χ4n) is 2.50. The highest BCUT2D eigenvalue weighted by Gasteiger charge is 2.23. The van der Waals surface area contributed by atoms with Gasteiger partial charge in [0.05, 0.1) is 11.3 Å². The van der Waals surface area contributed by atoms with Gasteiger partial charge >= 0.3 is 17.2 Å². The Morgan fingerprint density at radius 2 is 1.91 bits per heavy atom. The van der Waals surface area contributed by atoms with Crippen molar-refractivity contribution in [3.63, 3.8) is 0 Å². The van der Waals surface area contributed by atoms with Gasteiger partial charge in [0.25, 0.3) is 0 Å². The Morgan fingerprint density at radius 3 is 2.52 bits per heavy atom. The zero-order valence-corrected chi connectivity index (χ0v) is 12.3. The van der Waals surface area contributed by atoms with Crippen molar-refractivity contribution in [1.82, 2.24) is 4.98 Å². The highest BCUT2D eigenvalue weighted by Crippen LogP contribution is 2.21. The van der Waals surface area contributed by atoms with Crippen LogP contribution in [-0.4, -0.2) is 21.0 Å². The van der Waals surface area contributed by atoms with Gasteiger partial charge in [-0.25, -0.2) is 0 Å². The maximum Gasteiger partial charge on any atom is 0.337 e. The molecule has 1 aromatic carbocycles. The lowest BCUT2D eigenvalue weighted by Gasteiger charge is -2.08. The molecule has 2 aromatic rings. The van der Waals surface area contributed by atoms with Gasteiger partial charge in [0.15, 0.2) is 0 Å². The summed E-state index contributed by atoms with van der Waals surface area (Å²) in [5, 5.41) is 20.1. The molecule has 0 unspecified atom stereocenters. The van der Waals surface area contributed by atoms with Gasteiger partial charge in [0, 0.05) is 11.8 Å². The second kappa shape index (κ2) is 7.35. The lowest BCUT2D eigenvalue weighted by Crippen LogP contribution is -2.18. The number of aromatic nitrogens is 1. The summed E-state index contributed by atoms with van der Waals surface area (Å²) in [7, 11) is 0. The van der Waals surface area contributed by atoms with Crippen LogP contribution >= 0.6 is 0 Å². The molecule has 0 aliphatic rings. The smallest absolute Gasteiger partial charge is 0.337 e. The van der Waals surface area contributed by atoms with Gasteiger partial charge < -0.3 is 10.1 Å². The number of aryl methyl sites for hydroxylation is 1. The molecular formula is C16H16N2O5. The molecule has 2 rings (SSSR count). The molecule has 0 spiro atoms. The fraction of sp³-hybridized carbons (Fsp3) is 0.250. The van der Waals surface area contributed by atoms with Crippen molar-refractivity contribution in [2.75, 3.05) is 0 Å². The molecule has 7 heteroatoms. The summed E-state index contributed by atoms with van der Waals surface area (Å²) in [4.78, 5) is 35.3. The van der Waals surface area contributed by atoms with Crippen LogP contribution in [0.2, 0.25) is 0 Å². The Labute approximate surface area is 131 Å². The number of carboxylic acid groups (broad SMARTS) is 1. The van der Waals surface area contributed by atoms with Crippen LogP contribution in [0, 0.1) is 10.1 Å². The minimum atomic E-state index is -1.10. The van der Waals surface area contributed by atoms with Crippen molar-refractivity contribution in [2.24, 2.45) is 0 Å². The maximum atomic E-state index is 11.7. The molecule has 0 aliphatic carbocycles. The van der Waals surface area contributed by atoms with E-state index in [1.165, 1.54) is 6.20 Å². The molecule has 1 aromatic heterocycles. The van der Waals surface area contributed by atoms with Crippen molar-refractivity contribution < 1.29 is 14.8 Å². The van der Waals surface area contributed by atoms with E-state index in [1.807, 2.05) is 30.3 Å². The quantitative estimate of drug-likeness (QED) is 0.599. The first-order valence-electron chi connectivity index (χ1n) is 7.12. The van der Waals surface area contributed by atoms with Crippen LogP contribution in [0.5, 0.6) is 0 Å². The SMILES string of the molecule is O=C(O)Cc1c[nH]c(=O)c([N+](=O)[O-])c1CCCc1ccccc1. The highest BCUT2D eigenvalue weighted by atomic mass is 16.6. The van der Waals surface area contributed by atoms with Gasteiger partial charge in [-0.1, -0.05) is 30.3 Å². The summed E-state index contributed by atoms with van der Waals surface area (Å²) in [5.74, 6) is -1.10. The summed E-state index contributed by atoms with van der Waals surface area (Å²) >= 11 is 0. The van der Waals surface area contributed by atoms with Gasteiger partial charge in [-0.3, -0.25) is 19.7 Å². The molecule has 0 amide bonds. The van der Waals surface area contributed by atoms with Crippen molar-refractivity contribution in [3.05, 3.63) is 73.7 Å². The first-order valence-corrected chi connectivity index (χ1v) is 7.12. The summed E-state index contributed by atoms with van der Waals surface area (Å²) in [5.41, 5.74) is 0.199. The van der Waals surface area contributed by atoms with Crippen molar-refractivity contribution >= 4 is 11.7 Å². The third-order valence-electron chi connectivity index (χ3n) is 3.53. The predicted octanol–water partition coefficient (Wildman–Crippen LogP) is 2.09. The van der Waals surface area contributed by atoms with Crippen LogP contribution in [0.25, 0.3) is 0 Å². The fourth-order valence-corrected chi connectivity index (χ4v) is 2.50. The number of nitro groups is 1. The molecule has 0 bridgehead atoms. The number of carbonyl (C=O) groups is 1. The van der Waals surface area contributed by atoms with Gasteiger partial charge in [0.1, 0.15) is 0 Å². The van der Waals surface area contributed by atoms with E-state index >= 15 is 0 Å². The van der Waals surface area contributed by atoms with E-state index in [1.54, 1.807) is 0 Å². The molecule has 0 atom stereocenters. The van der Waals surface area contributed by atoms with Crippen LogP contribution in [0.3, 0.4) is 0 Å².